The van der Waals surface area contributed by atoms with Gasteiger partial charge in [0.2, 0.25) is 5.91 Å². The molecular formula is C23H23BrN2O3S. The van der Waals surface area contributed by atoms with Gasteiger partial charge in [0.05, 0.1) is 10.6 Å². The molecule has 3 aromatic carbocycles. The Labute approximate surface area is 185 Å². The topological polar surface area (TPSA) is 66.5 Å². The standard InChI is InChI=1S/C23H23BrN2O3S/c1-3-18-7-4-5-10-22(18)26(30(28,29)21-13-11-17(2)12-14-21)16-23(27)25-20-9-6-8-19(24)15-20/h4-15H,3,16H2,1-2H3,(H,25,27). The van der Waals surface area contributed by atoms with Crippen molar-refractivity contribution in [3.05, 3.63) is 88.4 Å². The Morgan fingerprint density at radius 2 is 1.70 bits per heavy atom. The van der Waals surface area contributed by atoms with E-state index >= 15 is 0 Å². The van der Waals surface area contributed by atoms with Crippen molar-refractivity contribution in [3.63, 3.8) is 0 Å². The molecule has 5 nitrogen and oxygen atoms in total. The number of anilines is 2. The number of sulfonamides is 1. The molecule has 30 heavy (non-hydrogen) atoms. The highest BCUT2D eigenvalue weighted by Crippen LogP contribution is 2.28. The van der Waals surface area contributed by atoms with Crippen LogP contribution in [-0.2, 0) is 21.2 Å². The summed E-state index contributed by atoms with van der Waals surface area (Å²) in [5.74, 6) is -0.422. The van der Waals surface area contributed by atoms with Crippen LogP contribution in [0.4, 0.5) is 11.4 Å². The number of amides is 1. The molecule has 7 heteroatoms. The lowest BCUT2D eigenvalue weighted by atomic mass is 10.1. The van der Waals surface area contributed by atoms with Crippen LogP contribution in [0.5, 0.6) is 0 Å². The average molecular weight is 487 g/mol. The predicted molar refractivity (Wildman–Crippen MR) is 124 cm³/mol. The molecule has 0 radical (unpaired) electrons. The van der Waals surface area contributed by atoms with E-state index in [0.717, 1.165) is 15.6 Å². The summed E-state index contributed by atoms with van der Waals surface area (Å²) >= 11 is 3.37. The van der Waals surface area contributed by atoms with Crippen LogP contribution in [0.3, 0.4) is 0 Å². The monoisotopic (exact) mass is 486 g/mol. The number of para-hydroxylation sites is 1. The van der Waals surface area contributed by atoms with E-state index in [4.69, 9.17) is 0 Å². The van der Waals surface area contributed by atoms with Crippen LogP contribution >= 0.6 is 15.9 Å². The van der Waals surface area contributed by atoms with Gasteiger partial charge in [-0.25, -0.2) is 8.42 Å². The lowest BCUT2D eigenvalue weighted by Crippen LogP contribution is -2.38. The minimum Gasteiger partial charge on any atom is -0.324 e. The van der Waals surface area contributed by atoms with Gasteiger partial charge in [-0.15, -0.1) is 0 Å². The first kappa shape index (κ1) is 22.1. The second-order valence-corrected chi connectivity index (χ2v) is 9.64. The number of aryl methyl sites for hydroxylation is 2. The van der Waals surface area contributed by atoms with Crippen LogP contribution in [0.25, 0.3) is 0 Å². The van der Waals surface area contributed by atoms with Gasteiger partial charge in [0, 0.05) is 10.2 Å². The summed E-state index contributed by atoms with van der Waals surface area (Å²) in [4.78, 5) is 13.0. The summed E-state index contributed by atoms with van der Waals surface area (Å²) in [7, 11) is -3.94. The van der Waals surface area contributed by atoms with E-state index in [1.807, 2.05) is 32.0 Å². The van der Waals surface area contributed by atoms with Crippen LogP contribution in [0, 0.1) is 6.92 Å². The maximum atomic E-state index is 13.5. The van der Waals surface area contributed by atoms with Gasteiger partial charge in [-0.1, -0.05) is 64.8 Å². The van der Waals surface area contributed by atoms with Gasteiger partial charge < -0.3 is 5.32 Å². The van der Waals surface area contributed by atoms with E-state index in [1.165, 1.54) is 4.31 Å². The van der Waals surface area contributed by atoms with Crippen molar-refractivity contribution in [1.82, 2.24) is 0 Å². The molecule has 0 aromatic heterocycles. The van der Waals surface area contributed by atoms with Crippen molar-refractivity contribution in [2.45, 2.75) is 25.2 Å². The van der Waals surface area contributed by atoms with Crippen LogP contribution in [0.15, 0.2) is 82.2 Å². The summed E-state index contributed by atoms with van der Waals surface area (Å²) < 4.78 is 29.0. The Morgan fingerprint density at radius 1 is 1.00 bits per heavy atom. The molecule has 0 bridgehead atoms. The number of halogens is 1. The maximum absolute atomic E-state index is 13.5. The zero-order chi connectivity index (χ0) is 21.7. The van der Waals surface area contributed by atoms with Crippen LogP contribution in [0.1, 0.15) is 18.1 Å². The summed E-state index contributed by atoms with van der Waals surface area (Å²) in [5.41, 5.74) is 2.90. The van der Waals surface area contributed by atoms with Gasteiger partial charge in [-0.2, -0.15) is 0 Å². The third-order valence-electron chi connectivity index (χ3n) is 4.65. The molecule has 0 heterocycles. The molecule has 0 aliphatic heterocycles. The molecule has 0 saturated heterocycles. The molecule has 156 valence electrons. The van der Waals surface area contributed by atoms with E-state index in [1.54, 1.807) is 54.6 Å². The molecule has 0 saturated carbocycles. The van der Waals surface area contributed by atoms with E-state index < -0.39 is 15.9 Å². The van der Waals surface area contributed by atoms with Crippen molar-refractivity contribution in [2.75, 3.05) is 16.2 Å². The number of nitrogens with zero attached hydrogens (tertiary/aromatic N) is 1. The zero-order valence-corrected chi connectivity index (χ0v) is 19.2. The SMILES string of the molecule is CCc1ccccc1N(CC(=O)Nc1cccc(Br)c1)S(=O)(=O)c1ccc(C)cc1. The highest BCUT2D eigenvalue weighted by molar-refractivity contribution is 9.10. The van der Waals surface area contributed by atoms with Gasteiger partial charge in [0.25, 0.3) is 10.0 Å². The lowest BCUT2D eigenvalue weighted by Gasteiger charge is -2.26. The molecule has 0 fully saturated rings. The highest BCUT2D eigenvalue weighted by Gasteiger charge is 2.28. The number of rotatable bonds is 7. The summed E-state index contributed by atoms with van der Waals surface area (Å²) in [6.45, 7) is 3.52. The first-order valence-corrected chi connectivity index (χ1v) is 11.8. The van der Waals surface area contributed by atoms with E-state index in [0.29, 0.717) is 17.8 Å². The quantitative estimate of drug-likeness (QED) is 0.501. The zero-order valence-electron chi connectivity index (χ0n) is 16.8. The van der Waals surface area contributed by atoms with Crippen LogP contribution in [-0.4, -0.2) is 20.9 Å². The van der Waals surface area contributed by atoms with E-state index in [2.05, 4.69) is 21.2 Å². The molecule has 1 amide bonds. The summed E-state index contributed by atoms with van der Waals surface area (Å²) in [6.07, 6.45) is 0.642. The second kappa shape index (κ2) is 9.45. The van der Waals surface area contributed by atoms with Gasteiger partial charge >= 0.3 is 0 Å². The molecule has 0 unspecified atom stereocenters. The predicted octanol–water partition coefficient (Wildman–Crippen LogP) is 5.15. The molecular weight excluding hydrogens is 464 g/mol. The molecule has 3 rings (SSSR count). The third kappa shape index (κ3) is 5.09. The fourth-order valence-electron chi connectivity index (χ4n) is 3.09. The number of benzene rings is 3. The minimum atomic E-state index is -3.94. The molecule has 0 atom stereocenters. The van der Waals surface area contributed by atoms with Crippen molar-refractivity contribution in [3.8, 4) is 0 Å². The Bertz CT molecular complexity index is 1150. The Balaban J connectivity index is 1.99. The highest BCUT2D eigenvalue weighted by atomic mass is 79.9. The van der Waals surface area contributed by atoms with Crippen molar-refractivity contribution >= 4 is 43.2 Å². The van der Waals surface area contributed by atoms with Crippen LogP contribution < -0.4 is 9.62 Å². The smallest absolute Gasteiger partial charge is 0.264 e. The van der Waals surface area contributed by atoms with E-state index in [9.17, 15) is 13.2 Å². The van der Waals surface area contributed by atoms with Gasteiger partial charge in [0.1, 0.15) is 6.54 Å². The maximum Gasteiger partial charge on any atom is 0.264 e. The number of carbonyl (C=O) groups is 1. The Kier molecular flexibility index (Phi) is 6.95. The molecule has 0 aliphatic carbocycles. The Morgan fingerprint density at radius 3 is 2.37 bits per heavy atom. The van der Waals surface area contributed by atoms with Crippen molar-refractivity contribution in [2.24, 2.45) is 0 Å². The fourth-order valence-corrected chi connectivity index (χ4v) is 4.95. The average Bonchev–Trinajstić information content (AvgIpc) is 2.72. The summed E-state index contributed by atoms with van der Waals surface area (Å²) in [5, 5.41) is 2.78. The fraction of sp³-hybridized carbons (Fsp3) is 0.174. The van der Waals surface area contributed by atoms with Crippen LogP contribution in [0.2, 0.25) is 0 Å². The lowest BCUT2D eigenvalue weighted by molar-refractivity contribution is -0.114. The van der Waals surface area contributed by atoms with Crippen molar-refractivity contribution < 1.29 is 13.2 Å². The summed E-state index contributed by atoms with van der Waals surface area (Å²) in [6, 6.07) is 21.0. The number of carbonyl (C=O) groups excluding carboxylic acids is 1. The molecule has 1 N–H and O–H groups in total. The van der Waals surface area contributed by atoms with Gasteiger partial charge in [0.15, 0.2) is 0 Å². The molecule has 0 aliphatic rings. The van der Waals surface area contributed by atoms with Crippen molar-refractivity contribution in [1.29, 1.82) is 0 Å². The first-order chi connectivity index (χ1) is 14.3. The van der Waals surface area contributed by atoms with E-state index in [-0.39, 0.29) is 11.4 Å². The number of nitrogens with one attached hydrogen (secondary N) is 1. The number of hydrogen-bond acceptors (Lipinski definition) is 3. The first-order valence-electron chi connectivity index (χ1n) is 9.54. The number of hydrogen-bond donors (Lipinski definition) is 1. The second-order valence-electron chi connectivity index (χ2n) is 6.87. The molecule has 3 aromatic rings. The Hall–Kier alpha value is -2.64. The minimum absolute atomic E-state index is 0.147. The normalized spacial score (nSPS) is 11.2. The molecule has 0 spiro atoms. The van der Waals surface area contributed by atoms with Gasteiger partial charge in [-0.05, 0) is 55.3 Å². The van der Waals surface area contributed by atoms with Gasteiger partial charge in [-0.3, -0.25) is 9.10 Å². The largest absolute Gasteiger partial charge is 0.324 e. The third-order valence-corrected chi connectivity index (χ3v) is 6.91.